The number of benzene rings is 1. The van der Waals surface area contributed by atoms with Crippen LogP contribution >= 0.6 is 15.9 Å². The minimum absolute atomic E-state index is 0.0270. The lowest BCUT2D eigenvalue weighted by Gasteiger charge is -2.20. The first-order chi connectivity index (χ1) is 9.57. The van der Waals surface area contributed by atoms with Crippen molar-refractivity contribution >= 4 is 15.9 Å². The first-order valence-corrected chi connectivity index (χ1v) is 7.59. The third-order valence-electron chi connectivity index (χ3n) is 2.68. The molecule has 1 N–H and O–H groups in total. The van der Waals surface area contributed by atoms with Crippen LogP contribution in [0.4, 0.5) is 13.2 Å². The molecule has 0 saturated carbocycles. The van der Waals surface area contributed by atoms with Crippen LogP contribution in [0.1, 0.15) is 39.2 Å². The lowest BCUT2D eigenvalue weighted by Crippen LogP contribution is -2.35. The summed E-state index contributed by atoms with van der Waals surface area (Å²) < 4.78 is 42.2. The average Bonchev–Trinajstić information content (AvgIpc) is 2.32. The van der Waals surface area contributed by atoms with Gasteiger partial charge in [-0.25, -0.2) is 0 Å². The van der Waals surface area contributed by atoms with Gasteiger partial charge in [0.25, 0.3) is 0 Å². The van der Waals surface area contributed by atoms with Gasteiger partial charge in [0.15, 0.2) is 0 Å². The smallest absolute Gasteiger partial charge is 0.389 e. The number of nitrogens with one attached hydrogen (secondary N) is 1. The maximum absolute atomic E-state index is 12.0. The molecule has 0 aliphatic carbocycles. The van der Waals surface area contributed by atoms with Gasteiger partial charge < -0.3 is 10.1 Å². The molecule has 0 aliphatic rings. The fraction of sp³-hybridized carbons (Fsp3) is 0.600. The van der Waals surface area contributed by atoms with Crippen LogP contribution in [0.5, 0.6) is 5.75 Å². The van der Waals surface area contributed by atoms with Crippen LogP contribution in [0.15, 0.2) is 22.7 Å². The maximum atomic E-state index is 12.0. The average molecular weight is 368 g/mol. The topological polar surface area (TPSA) is 21.3 Å². The fourth-order valence-corrected chi connectivity index (χ4v) is 2.13. The van der Waals surface area contributed by atoms with E-state index < -0.39 is 12.6 Å². The molecule has 0 amide bonds. The number of hydrogen-bond donors (Lipinski definition) is 1. The zero-order valence-electron chi connectivity index (χ0n) is 12.5. The highest BCUT2D eigenvalue weighted by atomic mass is 79.9. The first-order valence-electron chi connectivity index (χ1n) is 6.80. The largest absolute Gasteiger partial charge is 0.492 e. The van der Waals surface area contributed by atoms with E-state index in [-0.39, 0.29) is 18.6 Å². The molecule has 21 heavy (non-hydrogen) atoms. The van der Waals surface area contributed by atoms with Gasteiger partial charge in [-0.1, -0.05) is 6.07 Å². The molecule has 0 aromatic heterocycles. The van der Waals surface area contributed by atoms with Gasteiger partial charge >= 0.3 is 6.18 Å². The number of alkyl halides is 3. The monoisotopic (exact) mass is 367 g/mol. The highest BCUT2D eigenvalue weighted by molar-refractivity contribution is 9.10. The van der Waals surface area contributed by atoms with E-state index in [1.165, 1.54) is 0 Å². The predicted molar refractivity (Wildman–Crippen MR) is 81.5 cm³/mol. The number of halogens is 4. The third-order valence-corrected chi connectivity index (χ3v) is 3.30. The minimum Gasteiger partial charge on any atom is -0.492 e. The molecule has 0 unspecified atom stereocenters. The molecular formula is C15H21BrF3NO. The predicted octanol–water partition coefficient (Wildman–Crippen LogP) is 5.06. The van der Waals surface area contributed by atoms with E-state index in [9.17, 15) is 13.2 Å². The van der Waals surface area contributed by atoms with Gasteiger partial charge in [0.05, 0.1) is 11.1 Å². The van der Waals surface area contributed by atoms with Gasteiger partial charge in [-0.2, -0.15) is 13.2 Å². The van der Waals surface area contributed by atoms with Crippen LogP contribution in [0.3, 0.4) is 0 Å². The highest BCUT2D eigenvalue weighted by Crippen LogP contribution is 2.27. The Morgan fingerprint density at radius 1 is 1.19 bits per heavy atom. The normalized spacial score (nSPS) is 12.5. The van der Waals surface area contributed by atoms with Crippen LogP contribution < -0.4 is 10.1 Å². The van der Waals surface area contributed by atoms with E-state index in [1.54, 1.807) is 6.07 Å². The van der Waals surface area contributed by atoms with Crippen molar-refractivity contribution in [2.75, 3.05) is 6.61 Å². The SMILES string of the molecule is CC(C)(C)NCc1ccc(OCCCC(F)(F)F)c(Br)c1. The summed E-state index contributed by atoms with van der Waals surface area (Å²) in [6.45, 7) is 7.02. The molecule has 0 saturated heterocycles. The van der Waals surface area contributed by atoms with Crippen LogP contribution in [0, 0.1) is 0 Å². The highest BCUT2D eigenvalue weighted by Gasteiger charge is 2.26. The molecule has 0 atom stereocenters. The molecule has 6 heteroatoms. The van der Waals surface area contributed by atoms with Crippen molar-refractivity contribution in [3.05, 3.63) is 28.2 Å². The third kappa shape index (κ3) is 8.31. The molecule has 0 radical (unpaired) electrons. The van der Waals surface area contributed by atoms with Crippen molar-refractivity contribution in [3.8, 4) is 5.75 Å². The summed E-state index contributed by atoms with van der Waals surface area (Å²) in [5, 5.41) is 3.37. The molecule has 0 spiro atoms. The van der Waals surface area contributed by atoms with Crippen molar-refractivity contribution in [2.45, 2.75) is 51.9 Å². The van der Waals surface area contributed by atoms with Gasteiger partial charge in [-0.15, -0.1) is 0 Å². The Labute approximate surface area is 132 Å². The van der Waals surface area contributed by atoms with Gasteiger partial charge in [-0.3, -0.25) is 0 Å². The van der Waals surface area contributed by atoms with Crippen molar-refractivity contribution < 1.29 is 17.9 Å². The van der Waals surface area contributed by atoms with Gasteiger partial charge in [0, 0.05) is 18.5 Å². The Kier molecular flexibility index (Phi) is 6.53. The van der Waals surface area contributed by atoms with E-state index in [2.05, 4.69) is 42.0 Å². The molecular weight excluding hydrogens is 347 g/mol. The summed E-state index contributed by atoms with van der Waals surface area (Å²) in [7, 11) is 0. The van der Waals surface area contributed by atoms with Gasteiger partial charge in [-0.05, 0) is 60.8 Å². The number of hydrogen-bond acceptors (Lipinski definition) is 2. The van der Waals surface area contributed by atoms with Crippen LogP contribution in [-0.4, -0.2) is 18.3 Å². The first kappa shape index (κ1) is 18.3. The Morgan fingerprint density at radius 3 is 2.38 bits per heavy atom. The molecule has 1 rings (SSSR count). The zero-order valence-corrected chi connectivity index (χ0v) is 14.1. The molecule has 120 valence electrons. The summed E-state index contributed by atoms with van der Waals surface area (Å²) in [6.07, 6.45) is -4.98. The summed E-state index contributed by atoms with van der Waals surface area (Å²) in [5.41, 5.74) is 1.11. The Bertz CT molecular complexity index is 455. The molecule has 0 fully saturated rings. The van der Waals surface area contributed by atoms with Crippen LogP contribution in [0.25, 0.3) is 0 Å². The van der Waals surface area contributed by atoms with Crippen LogP contribution in [0.2, 0.25) is 0 Å². The van der Waals surface area contributed by atoms with Crippen molar-refractivity contribution in [1.29, 1.82) is 0 Å². The second-order valence-electron chi connectivity index (χ2n) is 5.94. The second kappa shape index (κ2) is 7.49. The van der Waals surface area contributed by atoms with Crippen molar-refractivity contribution in [2.24, 2.45) is 0 Å². The Morgan fingerprint density at radius 2 is 1.86 bits per heavy atom. The van der Waals surface area contributed by atoms with E-state index in [1.807, 2.05) is 12.1 Å². The lowest BCUT2D eigenvalue weighted by molar-refractivity contribution is -0.136. The number of ether oxygens (including phenoxy) is 1. The molecule has 0 bridgehead atoms. The van der Waals surface area contributed by atoms with E-state index >= 15 is 0 Å². The van der Waals surface area contributed by atoms with Crippen molar-refractivity contribution in [1.82, 2.24) is 5.32 Å². The van der Waals surface area contributed by atoms with Gasteiger partial charge in [0.1, 0.15) is 5.75 Å². The van der Waals surface area contributed by atoms with Crippen molar-refractivity contribution in [3.63, 3.8) is 0 Å². The number of rotatable bonds is 6. The van der Waals surface area contributed by atoms with Crippen LogP contribution in [-0.2, 0) is 6.54 Å². The molecule has 1 aromatic carbocycles. The Balaban J connectivity index is 2.47. The summed E-state index contributed by atoms with van der Waals surface area (Å²) >= 11 is 3.38. The standard InChI is InChI=1S/C15H21BrF3NO/c1-14(2,3)20-10-11-5-6-13(12(16)9-11)21-8-4-7-15(17,18)19/h5-6,9,20H,4,7-8,10H2,1-3H3. The molecule has 2 nitrogen and oxygen atoms in total. The molecule has 0 heterocycles. The van der Waals surface area contributed by atoms with E-state index in [4.69, 9.17) is 4.74 Å². The zero-order chi connectivity index (χ0) is 16.1. The van der Waals surface area contributed by atoms with Gasteiger partial charge in [0.2, 0.25) is 0 Å². The molecule has 0 aliphatic heterocycles. The molecule has 1 aromatic rings. The summed E-state index contributed by atoms with van der Waals surface area (Å²) in [4.78, 5) is 0. The summed E-state index contributed by atoms with van der Waals surface area (Å²) in [5.74, 6) is 0.566. The quantitative estimate of drug-likeness (QED) is 0.709. The Hall–Kier alpha value is -0.750. The lowest BCUT2D eigenvalue weighted by atomic mass is 10.1. The fourth-order valence-electron chi connectivity index (χ4n) is 1.59. The summed E-state index contributed by atoms with van der Waals surface area (Å²) in [6, 6.07) is 5.60. The minimum atomic E-state index is -4.12. The maximum Gasteiger partial charge on any atom is 0.389 e. The van der Waals surface area contributed by atoms with E-state index in [0.29, 0.717) is 5.75 Å². The second-order valence-corrected chi connectivity index (χ2v) is 6.79. The van der Waals surface area contributed by atoms with E-state index in [0.717, 1.165) is 16.6 Å².